The molecular weight excluding hydrogens is 200 g/mol. The van der Waals surface area contributed by atoms with E-state index in [0.29, 0.717) is 12.2 Å². The summed E-state index contributed by atoms with van der Waals surface area (Å²) in [4.78, 5) is 11.7. The van der Waals surface area contributed by atoms with Gasteiger partial charge in [0.25, 0.3) is 0 Å². The van der Waals surface area contributed by atoms with Crippen molar-refractivity contribution in [3.63, 3.8) is 0 Å². The zero-order chi connectivity index (χ0) is 11.4. The fraction of sp³-hybridized carbons (Fsp3) is 0.692. The highest BCUT2D eigenvalue weighted by molar-refractivity contribution is 5.80. The maximum Gasteiger partial charge on any atom is 0.137 e. The van der Waals surface area contributed by atoms with Crippen molar-refractivity contribution in [1.82, 2.24) is 9.78 Å². The van der Waals surface area contributed by atoms with Gasteiger partial charge in [0.15, 0.2) is 0 Å². The number of Topliss-reactive ketones (excluding diaryl/α,β-unsaturated/α-hetero) is 1. The van der Waals surface area contributed by atoms with Gasteiger partial charge in [0, 0.05) is 26.1 Å². The second-order valence-corrected chi connectivity index (χ2v) is 4.93. The second-order valence-electron chi connectivity index (χ2n) is 4.93. The van der Waals surface area contributed by atoms with Gasteiger partial charge in [-0.2, -0.15) is 5.10 Å². The topological polar surface area (TPSA) is 34.9 Å². The summed E-state index contributed by atoms with van der Waals surface area (Å²) in [6, 6.07) is 0. The first-order chi connectivity index (χ1) is 7.74. The summed E-state index contributed by atoms with van der Waals surface area (Å²) in [6.07, 6.45) is 11.5. The van der Waals surface area contributed by atoms with E-state index in [4.69, 9.17) is 0 Å². The third-order valence-electron chi connectivity index (χ3n) is 3.47. The van der Waals surface area contributed by atoms with Crippen molar-refractivity contribution in [2.75, 3.05) is 0 Å². The molecule has 1 heterocycles. The van der Waals surface area contributed by atoms with Gasteiger partial charge in [-0.15, -0.1) is 0 Å². The van der Waals surface area contributed by atoms with Crippen LogP contribution in [0.3, 0.4) is 0 Å². The molecule has 0 unspecified atom stereocenters. The number of hydrogen-bond donors (Lipinski definition) is 0. The number of aromatic nitrogens is 2. The molecule has 1 aromatic heterocycles. The summed E-state index contributed by atoms with van der Waals surface area (Å²) in [5, 5.41) is 4.07. The molecule has 0 aromatic carbocycles. The molecule has 0 spiro atoms. The largest absolute Gasteiger partial charge is 0.299 e. The molecule has 1 aromatic rings. The van der Waals surface area contributed by atoms with E-state index in [0.717, 1.165) is 24.3 Å². The molecule has 1 aliphatic carbocycles. The van der Waals surface area contributed by atoms with Crippen LogP contribution in [0.5, 0.6) is 0 Å². The van der Waals surface area contributed by atoms with Crippen LogP contribution in [-0.4, -0.2) is 15.6 Å². The Kier molecular flexibility index (Phi) is 3.75. The first-order valence-corrected chi connectivity index (χ1v) is 6.23. The number of ketones is 1. The minimum Gasteiger partial charge on any atom is -0.299 e. The van der Waals surface area contributed by atoms with Crippen LogP contribution in [0.4, 0.5) is 0 Å². The molecule has 0 aliphatic heterocycles. The number of nitrogens with zero attached hydrogens (tertiary/aromatic N) is 2. The Balaban J connectivity index is 1.71. The summed E-state index contributed by atoms with van der Waals surface area (Å²) in [5.74, 6) is 1.18. The lowest BCUT2D eigenvalue weighted by Crippen LogP contribution is -2.05. The Morgan fingerprint density at radius 3 is 2.88 bits per heavy atom. The number of carbonyl (C=O) groups is 1. The lowest BCUT2D eigenvalue weighted by Gasteiger charge is -2.06. The molecule has 0 saturated heterocycles. The van der Waals surface area contributed by atoms with Gasteiger partial charge in [0.2, 0.25) is 0 Å². The van der Waals surface area contributed by atoms with Crippen molar-refractivity contribution in [3.8, 4) is 0 Å². The van der Waals surface area contributed by atoms with Gasteiger partial charge in [-0.3, -0.25) is 9.48 Å². The standard InChI is InChI=1S/C13H20N2O/c1-15-10-12(9-14-15)8-13(16)7-6-11-4-2-3-5-11/h9-11H,2-8H2,1H3. The second kappa shape index (κ2) is 5.28. The van der Waals surface area contributed by atoms with Crippen LogP contribution in [0.1, 0.15) is 44.1 Å². The van der Waals surface area contributed by atoms with E-state index < -0.39 is 0 Å². The van der Waals surface area contributed by atoms with E-state index in [1.807, 2.05) is 13.2 Å². The van der Waals surface area contributed by atoms with Crippen LogP contribution in [0.2, 0.25) is 0 Å². The molecule has 2 rings (SSSR count). The number of hydrogen-bond acceptors (Lipinski definition) is 2. The molecule has 0 N–H and O–H groups in total. The normalized spacial score (nSPS) is 16.8. The van der Waals surface area contributed by atoms with Gasteiger partial charge in [-0.25, -0.2) is 0 Å². The molecule has 0 amide bonds. The number of rotatable bonds is 5. The van der Waals surface area contributed by atoms with E-state index in [2.05, 4.69) is 5.10 Å². The molecule has 0 radical (unpaired) electrons. The molecule has 1 aliphatic rings. The molecule has 1 fully saturated rings. The van der Waals surface area contributed by atoms with Crippen molar-refractivity contribution in [1.29, 1.82) is 0 Å². The number of aryl methyl sites for hydroxylation is 1. The van der Waals surface area contributed by atoms with Gasteiger partial charge in [0.1, 0.15) is 5.78 Å². The summed E-state index contributed by atoms with van der Waals surface area (Å²) in [6.45, 7) is 0. The highest BCUT2D eigenvalue weighted by Gasteiger charge is 2.16. The molecule has 88 valence electrons. The predicted molar refractivity (Wildman–Crippen MR) is 63.1 cm³/mol. The van der Waals surface area contributed by atoms with E-state index >= 15 is 0 Å². The molecule has 3 nitrogen and oxygen atoms in total. The third-order valence-corrected chi connectivity index (χ3v) is 3.47. The molecule has 3 heteroatoms. The SMILES string of the molecule is Cn1cc(CC(=O)CCC2CCCC2)cn1. The van der Waals surface area contributed by atoms with Gasteiger partial charge in [-0.1, -0.05) is 25.7 Å². The minimum atomic E-state index is 0.361. The van der Waals surface area contributed by atoms with E-state index in [1.165, 1.54) is 25.7 Å². The number of carbonyl (C=O) groups excluding carboxylic acids is 1. The molecular formula is C13H20N2O. The minimum absolute atomic E-state index is 0.361. The quantitative estimate of drug-likeness (QED) is 0.764. The van der Waals surface area contributed by atoms with E-state index in [-0.39, 0.29) is 0 Å². The first-order valence-electron chi connectivity index (χ1n) is 6.23. The van der Waals surface area contributed by atoms with E-state index in [1.54, 1.807) is 10.9 Å². The highest BCUT2D eigenvalue weighted by Crippen LogP contribution is 2.28. The van der Waals surface area contributed by atoms with Gasteiger partial charge in [0.05, 0.1) is 6.20 Å². The maximum atomic E-state index is 11.7. The highest BCUT2D eigenvalue weighted by atomic mass is 16.1. The zero-order valence-corrected chi connectivity index (χ0v) is 9.98. The monoisotopic (exact) mass is 220 g/mol. The predicted octanol–water partition coefficient (Wildman–Crippen LogP) is 2.50. The fourth-order valence-electron chi connectivity index (χ4n) is 2.54. The van der Waals surface area contributed by atoms with Crippen LogP contribution >= 0.6 is 0 Å². The summed E-state index contributed by atoms with van der Waals surface area (Å²) < 4.78 is 1.75. The van der Waals surface area contributed by atoms with Crippen LogP contribution < -0.4 is 0 Å². The first kappa shape index (κ1) is 11.4. The average molecular weight is 220 g/mol. The van der Waals surface area contributed by atoms with Gasteiger partial charge >= 0.3 is 0 Å². The Morgan fingerprint density at radius 2 is 2.25 bits per heavy atom. The van der Waals surface area contributed by atoms with Crippen molar-refractivity contribution < 1.29 is 4.79 Å². The summed E-state index contributed by atoms with van der Waals surface area (Å²) in [5.41, 5.74) is 1.04. The van der Waals surface area contributed by atoms with Gasteiger partial charge < -0.3 is 0 Å². The molecule has 1 saturated carbocycles. The average Bonchev–Trinajstić information content (AvgIpc) is 2.87. The summed E-state index contributed by atoms with van der Waals surface area (Å²) in [7, 11) is 1.88. The Labute approximate surface area is 96.8 Å². The van der Waals surface area contributed by atoms with Crippen molar-refractivity contribution in [3.05, 3.63) is 18.0 Å². The summed E-state index contributed by atoms with van der Waals surface area (Å²) >= 11 is 0. The Hall–Kier alpha value is -1.12. The Bertz CT molecular complexity index is 351. The molecule has 0 atom stereocenters. The van der Waals surface area contributed by atoms with Crippen LogP contribution in [0.25, 0.3) is 0 Å². The van der Waals surface area contributed by atoms with Crippen LogP contribution in [-0.2, 0) is 18.3 Å². The van der Waals surface area contributed by atoms with Crippen molar-refractivity contribution >= 4 is 5.78 Å². The third kappa shape index (κ3) is 3.19. The lowest BCUT2D eigenvalue weighted by molar-refractivity contribution is -0.118. The van der Waals surface area contributed by atoms with E-state index in [9.17, 15) is 4.79 Å². The maximum absolute atomic E-state index is 11.7. The zero-order valence-electron chi connectivity index (χ0n) is 9.98. The van der Waals surface area contributed by atoms with Crippen molar-refractivity contribution in [2.45, 2.75) is 44.9 Å². The molecule has 0 bridgehead atoms. The Morgan fingerprint density at radius 1 is 1.50 bits per heavy atom. The fourth-order valence-corrected chi connectivity index (χ4v) is 2.54. The van der Waals surface area contributed by atoms with Crippen LogP contribution in [0.15, 0.2) is 12.4 Å². The van der Waals surface area contributed by atoms with Gasteiger partial charge in [-0.05, 0) is 17.9 Å². The molecule has 16 heavy (non-hydrogen) atoms. The van der Waals surface area contributed by atoms with Crippen LogP contribution in [0, 0.1) is 5.92 Å². The lowest BCUT2D eigenvalue weighted by atomic mass is 9.98. The van der Waals surface area contributed by atoms with Crippen molar-refractivity contribution in [2.24, 2.45) is 13.0 Å². The smallest absolute Gasteiger partial charge is 0.137 e.